The van der Waals surface area contributed by atoms with Crippen LogP contribution in [0.5, 0.6) is 0 Å². The zero-order valence-electron chi connectivity index (χ0n) is 46.9. The van der Waals surface area contributed by atoms with Gasteiger partial charge in [0.25, 0.3) is 0 Å². The molecule has 21 rings (SSSR count). The third kappa shape index (κ3) is 10.6. The summed E-state index contributed by atoms with van der Waals surface area (Å²) in [6, 6.07) is 0. The van der Waals surface area contributed by atoms with Crippen molar-refractivity contribution in [3.8, 4) is 0 Å². The first kappa shape index (κ1) is 55.7. The highest BCUT2D eigenvalue weighted by atomic mass is 16.8. The van der Waals surface area contributed by atoms with Gasteiger partial charge in [-0.2, -0.15) is 0 Å². The summed E-state index contributed by atoms with van der Waals surface area (Å²) in [6.45, 7) is 46.0. The summed E-state index contributed by atoms with van der Waals surface area (Å²) in [4.78, 5) is 0. The van der Waals surface area contributed by atoms with E-state index in [2.05, 4.69) is 145 Å². The minimum atomic E-state index is -0.419. The minimum absolute atomic E-state index is 0.0576. The summed E-state index contributed by atoms with van der Waals surface area (Å²) in [5, 5.41) is 0. The van der Waals surface area contributed by atoms with Crippen LogP contribution >= 0.6 is 0 Å². The van der Waals surface area contributed by atoms with Crippen molar-refractivity contribution in [2.45, 2.75) is 275 Å². The first-order valence-electron chi connectivity index (χ1n) is 28.1. The van der Waals surface area contributed by atoms with Gasteiger partial charge in [-0.05, 0) is 89.9 Å². The molecule has 0 spiro atoms. The van der Waals surface area contributed by atoms with Gasteiger partial charge in [0.2, 0.25) is 0 Å². The van der Waals surface area contributed by atoms with Gasteiger partial charge in [-0.25, -0.2) is 0 Å². The van der Waals surface area contributed by atoms with E-state index in [0.29, 0.717) is 0 Å². The largest absolute Gasteiger partial charge is 0.347 e. The second-order valence-corrected chi connectivity index (χ2v) is 24.7. The first-order valence-corrected chi connectivity index (χ1v) is 28.1. The molecule has 0 aromatic carbocycles. The maximum absolute atomic E-state index is 6.97. The quantitative estimate of drug-likeness (QED) is 0.228. The van der Waals surface area contributed by atoms with Crippen molar-refractivity contribution >= 4 is 0 Å². The molecule has 0 radical (unpaired) electrons. The Hall–Kier alpha value is -0.560. The Balaban J connectivity index is 1.02. The fourth-order valence-electron chi connectivity index (χ4n) is 13.5. The lowest BCUT2D eigenvalue weighted by atomic mass is 9.81. The van der Waals surface area contributed by atoms with Crippen LogP contribution in [0, 0.1) is 82.9 Å². The van der Waals surface area contributed by atoms with Crippen molar-refractivity contribution in [2.75, 3.05) is 0 Å². The van der Waals surface area contributed by atoms with Gasteiger partial charge in [0.15, 0.2) is 44.0 Å². The zero-order valence-corrected chi connectivity index (χ0v) is 46.9. The molecule has 35 atom stereocenters. The van der Waals surface area contributed by atoms with E-state index >= 15 is 0 Å². The number of rotatable bonds is 0. The van der Waals surface area contributed by atoms with Crippen molar-refractivity contribution in [2.24, 2.45) is 82.9 Å². The molecule has 14 nitrogen and oxygen atoms in total. The third-order valence-corrected chi connectivity index (χ3v) is 20.2. The van der Waals surface area contributed by atoms with Crippen LogP contribution in [-0.4, -0.2) is 129 Å². The van der Waals surface area contributed by atoms with Crippen LogP contribution in [0.1, 0.15) is 145 Å². The van der Waals surface area contributed by atoms with Crippen molar-refractivity contribution in [3.63, 3.8) is 0 Å². The van der Waals surface area contributed by atoms with Crippen molar-refractivity contribution in [3.05, 3.63) is 0 Å². The Labute approximate surface area is 422 Å². The zero-order chi connectivity index (χ0) is 51.1. The van der Waals surface area contributed by atoms with Crippen LogP contribution < -0.4 is 0 Å². The Bertz CT molecular complexity index is 1360. The molecule has 21 fully saturated rings. The summed E-state index contributed by atoms with van der Waals surface area (Å²) in [5.41, 5.74) is 0. The van der Waals surface area contributed by atoms with Gasteiger partial charge in [-0.15, -0.1) is 0 Å². The van der Waals surface area contributed by atoms with Crippen molar-refractivity contribution < 1.29 is 66.3 Å². The fourth-order valence-corrected chi connectivity index (χ4v) is 13.5. The summed E-state index contributed by atoms with van der Waals surface area (Å²) in [7, 11) is 0. The van der Waals surface area contributed by atoms with Crippen molar-refractivity contribution in [1.82, 2.24) is 0 Å². The standard InChI is InChI=1S/C56H98O14/c1-22-29(8)50-57-36(15)43(22)64-51-30(9)23(2)45(38(17)58-51)66-53-32(11)25(4)47(40(19)60-53)68-55-34(13)27(6)49(42(21)62-55)70-56-35(14)28(7)48(41(20)63-56)69-54-33(12)26(5)46(39(18)61-54)67-52-31(10)24(3)44(65-50)37(16)59-52/h22-56H,1-21H3/t22-,23-,24-,25-,26-,27-,28-,29?,30?,31?,32?,33?,34?,35?,36?,37?,38?,39?,40?,41?,42?,43-,44+,45+,46+,47+,48+,49+,50-,51?,52+,53-,54-,55-,56-/m1/s1. The minimum Gasteiger partial charge on any atom is -0.347 e. The summed E-state index contributed by atoms with van der Waals surface area (Å²) >= 11 is 0. The molecule has 14 heteroatoms. The van der Waals surface area contributed by atoms with E-state index in [0.717, 1.165) is 0 Å². The number of hydrogen-bond donors (Lipinski definition) is 0. The second-order valence-electron chi connectivity index (χ2n) is 24.7. The van der Waals surface area contributed by atoms with E-state index in [9.17, 15) is 0 Å². The predicted molar refractivity (Wildman–Crippen MR) is 263 cm³/mol. The van der Waals surface area contributed by atoms with E-state index < -0.39 is 44.0 Å². The van der Waals surface area contributed by atoms with E-state index in [4.69, 9.17) is 66.3 Å². The van der Waals surface area contributed by atoms with E-state index in [-0.39, 0.29) is 168 Å². The first-order chi connectivity index (χ1) is 32.9. The topological polar surface area (TPSA) is 129 Å². The number of ether oxygens (including phenoxy) is 14. The van der Waals surface area contributed by atoms with Gasteiger partial charge in [0.05, 0.1) is 85.5 Å². The highest BCUT2D eigenvalue weighted by Crippen LogP contribution is 2.46. The molecule has 15 unspecified atom stereocenters. The molecule has 21 heterocycles. The molecule has 14 bridgehead atoms. The lowest BCUT2D eigenvalue weighted by molar-refractivity contribution is -0.364. The van der Waals surface area contributed by atoms with Crippen LogP contribution in [0.15, 0.2) is 0 Å². The molecule has 0 aromatic heterocycles. The Morgan fingerprint density at radius 2 is 0.229 bits per heavy atom. The van der Waals surface area contributed by atoms with Gasteiger partial charge in [0.1, 0.15) is 0 Å². The van der Waals surface area contributed by atoms with Crippen molar-refractivity contribution in [1.29, 1.82) is 0 Å². The third-order valence-electron chi connectivity index (χ3n) is 20.2. The van der Waals surface area contributed by atoms with Crippen LogP contribution in [0.3, 0.4) is 0 Å². The maximum Gasteiger partial charge on any atom is 0.161 e. The lowest BCUT2D eigenvalue weighted by Gasteiger charge is -2.51. The van der Waals surface area contributed by atoms with Crippen LogP contribution in [0.25, 0.3) is 0 Å². The van der Waals surface area contributed by atoms with Gasteiger partial charge >= 0.3 is 0 Å². The smallest absolute Gasteiger partial charge is 0.161 e. The SMILES string of the molecule is CC1C2OC(C)[C@@H](O[C@H]3OC(C)[C@@H](O[C@H]4OC(C)[C@@H](O[C@H]5OC(C)[C@@H](O[C@H]6OC(C)[C@@H](O[C@@H]7OC(C)[C@@H](O[C@H]8OC(C)[C@H](O2)[C@H](C)C8C)[C@H](C)C7C)[C@H](C)C6C)[C@H](C)C5C)[C@H](C)C4C)[C@H](C)C3C)[C@@H]1C. The van der Waals surface area contributed by atoms with E-state index in [1.807, 2.05) is 0 Å². The molecule has 70 heavy (non-hydrogen) atoms. The molecule has 0 N–H and O–H groups in total. The number of hydrogen-bond acceptors (Lipinski definition) is 14. The van der Waals surface area contributed by atoms with E-state index in [1.54, 1.807) is 0 Å². The molecular weight excluding hydrogens is 897 g/mol. The summed E-state index contributed by atoms with van der Waals surface area (Å²) < 4.78 is 96.1. The highest BCUT2D eigenvalue weighted by molar-refractivity contribution is 4.96. The average molecular weight is 995 g/mol. The molecule has 0 saturated carbocycles. The molecule has 0 aromatic rings. The summed E-state index contributed by atoms with van der Waals surface area (Å²) in [6.07, 6.45) is -5.78. The molecule has 21 saturated heterocycles. The lowest BCUT2D eigenvalue weighted by Crippen LogP contribution is -2.59. The normalized spacial score (nSPS) is 59.7. The van der Waals surface area contributed by atoms with E-state index in [1.165, 1.54) is 0 Å². The molecule has 21 aliphatic rings. The molecular formula is C56H98O14. The van der Waals surface area contributed by atoms with Crippen LogP contribution in [0.2, 0.25) is 0 Å². The van der Waals surface area contributed by atoms with Crippen LogP contribution in [0.4, 0.5) is 0 Å². The fraction of sp³-hybridized carbons (Fsp3) is 1.00. The average Bonchev–Trinajstić information content (AvgIpc) is 3.31. The second kappa shape index (κ2) is 22.2. The Morgan fingerprint density at radius 3 is 0.329 bits per heavy atom. The predicted octanol–water partition coefficient (Wildman–Crippen LogP) is 9.82. The maximum atomic E-state index is 6.97. The Morgan fingerprint density at radius 1 is 0.129 bits per heavy atom. The Kier molecular flexibility index (Phi) is 17.6. The van der Waals surface area contributed by atoms with Crippen LogP contribution in [-0.2, 0) is 66.3 Å². The van der Waals surface area contributed by atoms with Gasteiger partial charge in [-0.1, -0.05) is 96.9 Å². The molecule has 0 aliphatic carbocycles. The molecule has 21 aliphatic heterocycles. The highest BCUT2D eigenvalue weighted by Gasteiger charge is 2.54. The van der Waals surface area contributed by atoms with Gasteiger partial charge in [0, 0.05) is 41.4 Å². The molecule has 0 amide bonds. The monoisotopic (exact) mass is 995 g/mol. The van der Waals surface area contributed by atoms with Gasteiger partial charge < -0.3 is 66.3 Å². The summed E-state index contributed by atoms with van der Waals surface area (Å²) in [5.74, 6) is 1.37. The molecule has 406 valence electrons. The van der Waals surface area contributed by atoms with Gasteiger partial charge in [-0.3, -0.25) is 0 Å².